The number of alkyl halides is 2. The number of hydrogen-bond acceptors (Lipinski definition) is 26. The van der Waals surface area contributed by atoms with Crippen molar-refractivity contribution in [1.29, 1.82) is 0 Å². The first-order valence-corrected chi connectivity index (χ1v) is 35.4. The van der Waals surface area contributed by atoms with E-state index in [4.69, 9.17) is 48.7 Å². The third-order valence-electron chi connectivity index (χ3n) is 20.3. The molecule has 7 rings (SSSR count). The number of halogens is 2. The van der Waals surface area contributed by atoms with Crippen LogP contribution in [0.2, 0.25) is 0 Å². The number of Topliss-reactive ketones (excluding diaryl/α,β-unsaturated/α-hetero) is 1. The molecule has 0 aromatic heterocycles. The Morgan fingerprint density at radius 1 is 0.762 bits per heavy atom. The van der Waals surface area contributed by atoms with E-state index >= 15 is 8.78 Å². The Kier molecular flexibility index (Phi) is 31.5. The van der Waals surface area contributed by atoms with Crippen LogP contribution in [0, 0.1) is 28.6 Å². The molecule has 4 fully saturated rings. The van der Waals surface area contributed by atoms with Crippen molar-refractivity contribution in [1.82, 2.24) is 31.5 Å². The average Bonchev–Trinajstić information content (AvgIpc) is 1.55. The summed E-state index contributed by atoms with van der Waals surface area (Å²) in [6.07, 6.45) is -10.2. The molecule has 0 radical (unpaired) electrons. The van der Waals surface area contributed by atoms with Gasteiger partial charge in [-0.05, 0) is 99.1 Å². The summed E-state index contributed by atoms with van der Waals surface area (Å²) < 4.78 is 79.8. The van der Waals surface area contributed by atoms with Crippen molar-refractivity contribution in [2.24, 2.45) is 34.3 Å². The Bertz CT molecular complexity index is 3260. The number of allylic oxidation sites excluding steroid dienone is 4. The Morgan fingerprint density at radius 2 is 1.40 bits per heavy atom. The lowest BCUT2D eigenvalue weighted by Crippen LogP contribution is -2.71. The van der Waals surface area contributed by atoms with Gasteiger partial charge in [-0.3, -0.25) is 48.6 Å². The molecule has 2 heterocycles. The first-order valence-electron chi connectivity index (χ1n) is 35.4. The van der Waals surface area contributed by atoms with Crippen molar-refractivity contribution in [2.45, 2.75) is 190 Å². The van der Waals surface area contributed by atoms with Gasteiger partial charge in [0.2, 0.25) is 29.4 Å². The van der Waals surface area contributed by atoms with Gasteiger partial charge in [0.1, 0.15) is 49.4 Å². The van der Waals surface area contributed by atoms with Gasteiger partial charge < -0.3 is 106 Å². The van der Waals surface area contributed by atoms with Crippen LogP contribution in [-0.2, 0) is 82.9 Å². The molecule has 15 N–H and O–H groups in total. The number of carbonyl (C=O) groups is 10. The van der Waals surface area contributed by atoms with E-state index in [0.717, 1.165) is 11.0 Å². The molecule has 586 valence electrons. The van der Waals surface area contributed by atoms with E-state index < -0.39 is 205 Å². The number of ether oxygens (including phenoxy) is 8. The number of fused-ring (bicyclic) bond motifs is 7. The van der Waals surface area contributed by atoms with E-state index in [1.165, 1.54) is 55.5 Å². The molecule has 8 amide bonds. The Morgan fingerprint density at radius 3 is 2.03 bits per heavy atom. The fraction of sp³-hybridized carbons (Fsp3) is 0.686. The van der Waals surface area contributed by atoms with Crippen LogP contribution in [0.25, 0.3) is 0 Å². The number of imide groups is 1. The van der Waals surface area contributed by atoms with Gasteiger partial charge in [0, 0.05) is 60.5 Å². The number of aliphatic hydroxyl groups is 7. The van der Waals surface area contributed by atoms with Crippen LogP contribution in [0.5, 0.6) is 0 Å². The summed E-state index contributed by atoms with van der Waals surface area (Å²) in [5, 5.41) is 88.0. The first kappa shape index (κ1) is 84.9. The number of carbonyl (C=O) groups excluding carboxylic acids is 10. The zero-order valence-corrected chi connectivity index (χ0v) is 59.6. The topological polar surface area (TPSA) is 488 Å². The molecular weight excluding hydrogens is 1390 g/mol. The summed E-state index contributed by atoms with van der Waals surface area (Å²) in [4.78, 5) is 132. The van der Waals surface area contributed by atoms with E-state index in [1.807, 2.05) is 6.92 Å². The predicted octanol–water partition coefficient (Wildman–Crippen LogP) is -0.879. The fourth-order valence-electron chi connectivity index (χ4n) is 14.7. The van der Waals surface area contributed by atoms with E-state index in [0.29, 0.717) is 18.4 Å². The van der Waals surface area contributed by atoms with E-state index in [1.54, 1.807) is 20.8 Å². The van der Waals surface area contributed by atoms with Crippen molar-refractivity contribution >= 4 is 64.9 Å². The molecule has 6 aliphatic rings. The van der Waals surface area contributed by atoms with Crippen molar-refractivity contribution in [3.05, 3.63) is 65.8 Å². The number of nitrogens with one attached hydrogen (secondary N) is 6. The summed E-state index contributed by atoms with van der Waals surface area (Å²) in [6, 6.07) is 0.942. The molecule has 0 spiro atoms. The lowest BCUT2D eigenvalue weighted by molar-refractivity contribution is -0.234. The number of primary amides is 1. The highest BCUT2D eigenvalue weighted by Crippen LogP contribution is 2.72. The molecule has 33 nitrogen and oxygen atoms in total. The molecular formula is C70H102F2N8O25. The number of rotatable bonds is 44. The third-order valence-corrected chi connectivity index (χ3v) is 20.3. The summed E-state index contributed by atoms with van der Waals surface area (Å²) in [6.45, 7) is 6.70. The maximum Gasteiger partial charge on any atom is 0.509 e. The van der Waals surface area contributed by atoms with Gasteiger partial charge in [-0.2, -0.15) is 0 Å². The molecule has 0 bridgehead atoms. The van der Waals surface area contributed by atoms with Crippen molar-refractivity contribution in [2.75, 3.05) is 91.0 Å². The van der Waals surface area contributed by atoms with E-state index in [-0.39, 0.29) is 122 Å². The number of hydrogen-bond donors (Lipinski definition) is 14. The van der Waals surface area contributed by atoms with Gasteiger partial charge in [-0.15, -0.1) is 0 Å². The van der Waals surface area contributed by atoms with Crippen LogP contribution in [-0.4, -0.2) is 270 Å². The van der Waals surface area contributed by atoms with Gasteiger partial charge in [-0.1, -0.05) is 52.3 Å². The molecule has 35 heteroatoms. The second-order valence-electron chi connectivity index (χ2n) is 27.7. The highest BCUT2D eigenvalue weighted by Gasteiger charge is 2.80. The number of nitrogens with two attached hydrogens (primary N) is 1. The minimum atomic E-state index is -2.44. The van der Waals surface area contributed by atoms with Crippen molar-refractivity contribution in [3.8, 4) is 0 Å². The molecule has 2 unspecified atom stereocenters. The van der Waals surface area contributed by atoms with Crippen LogP contribution < -0.4 is 37.6 Å². The highest BCUT2D eigenvalue weighted by atomic mass is 19.1. The van der Waals surface area contributed by atoms with Gasteiger partial charge >= 0.3 is 12.2 Å². The largest absolute Gasteiger partial charge is 0.509 e. The SMILES string of the molecule is CCCC1O[C@@H]2C[C@H]3[C@@H]4C[C@H](F)C5=CC(=O)C=C[C@]5(C)[C@@]4(F)[C@@H](O)C[C@]3(C)[C@]2(C(=O)COC(=O)OCc2ccc(NC(=O)[C@H](CCCNC(N)=O)NC(=O)[C@@H](NC(=O)[C@@H](CCC(=O)NC[C@H](O)[C@@H](O)[C@H](O)[C@H](O)CO)NC(O)CCOCCOCCOCCOCCN3C(=O)C=CC3=O)C(C)C)cc2)O1. The van der Waals surface area contributed by atoms with Gasteiger partial charge in [0.15, 0.2) is 29.9 Å². The number of aliphatic hydroxyl groups excluding tert-OH is 7. The number of benzene rings is 1. The Hall–Kier alpha value is -7.36. The van der Waals surface area contributed by atoms with Gasteiger partial charge in [-0.25, -0.2) is 18.4 Å². The highest BCUT2D eigenvalue weighted by molar-refractivity contribution is 6.13. The molecule has 105 heavy (non-hydrogen) atoms. The molecule has 18 atom stereocenters. The zero-order chi connectivity index (χ0) is 77.0. The van der Waals surface area contributed by atoms with Crippen LogP contribution >= 0.6 is 0 Å². The van der Waals surface area contributed by atoms with E-state index in [2.05, 4.69) is 31.9 Å². The van der Waals surface area contributed by atoms with Gasteiger partial charge in [0.25, 0.3) is 11.8 Å². The Balaban J connectivity index is 0.917. The van der Waals surface area contributed by atoms with Crippen LogP contribution in [0.3, 0.4) is 0 Å². The molecule has 4 aliphatic carbocycles. The number of nitrogens with zero attached hydrogens (tertiary/aromatic N) is 1. The second-order valence-corrected chi connectivity index (χ2v) is 27.7. The normalized spacial score (nSPS) is 27.4. The monoisotopic (exact) mass is 1490 g/mol. The Labute approximate surface area is 605 Å². The summed E-state index contributed by atoms with van der Waals surface area (Å²) in [5.74, 6) is -7.85. The average molecular weight is 1490 g/mol. The van der Waals surface area contributed by atoms with Crippen molar-refractivity contribution in [3.63, 3.8) is 0 Å². The number of anilines is 1. The third kappa shape index (κ3) is 21.1. The molecule has 1 saturated heterocycles. The minimum Gasteiger partial charge on any atom is -0.429 e. The second kappa shape index (κ2) is 39.0. The zero-order valence-electron chi connectivity index (χ0n) is 59.6. The number of urea groups is 1. The van der Waals surface area contributed by atoms with Gasteiger partial charge in [0.05, 0.1) is 90.4 Å². The predicted molar refractivity (Wildman–Crippen MR) is 363 cm³/mol. The minimum absolute atomic E-state index is 0.00999. The summed E-state index contributed by atoms with van der Waals surface area (Å²) >= 11 is 0. The lowest BCUT2D eigenvalue weighted by atomic mass is 9.44. The van der Waals surface area contributed by atoms with Crippen molar-refractivity contribution < 1.29 is 130 Å². The maximum absolute atomic E-state index is 18.0. The van der Waals surface area contributed by atoms with E-state index in [9.17, 15) is 78.6 Å². The molecule has 1 aromatic carbocycles. The quantitative estimate of drug-likeness (QED) is 0.0163. The van der Waals surface area contributed by atoms with Crippen LogP contribution in [0.1, 0.15) is 104 Å². The molecule has 1 aromatic rings. The number of amides is 8. The standard InChI is InChI=1S/C70H102F2N8O25/c1-6-8-58-104-53-33-43-44-32-46(71)45-31-42(82)18-20-67(45,4)69(44,72)51(85)34-68(43,5)70(53,105-58)52(86)38-103-66(97)102-37-40-10-12-41(13-11-40)76-62(93)47(9-7-21-74-65(73)96)78-64(95)59(39(2)3)79-63(94)48(14-15-54(87)75-35-49(83)60(91)61(92)50(84)36-81)77-55(88)19-23-98-25-27-100-29-30-101-28-26-99-24-22-80-56(89)16-17-57(80)90/h10-13,16-18,20,31,39,43-44,46-51,53,55,58-61,77,81,83-85,88,91-92H,6-9,14-15,19,21-30,32-38H2,1-5H3,(H,75,87)(H,76,93)(H,78,95)(H,79,94)(H3,73,74,96)/t43-,44-,46-,47-,48+,49-,50+,51-,53+,55?,58?,59-,60+,61+,67-,68-,69-,70+/m0/s1. The van der Waals surface area contributed by atoms with Crippen LogP contribution in [0.4, 0.5) is 24.1 Å². The molecule has 2 aliphatic heterocycles. The fourth-order valence-corrected chi connectivity index (χ4v) is 14.7. The maximum atomic E-state index is 18.0. The molecule has 3 saturated carbocycles. The summed E-state index contributed by atoms with van der Waals surface area (Å²) in [7, 11) is 0. The summed E-state index contributed by atoms with van der Waals surface area (Å²) in [5.41, 5.74) is -1.51. The van der Waals surface area contributed by atoms with Crippen LogP contribution in [0.15, 0.2) is 60.2 Å². The smallest absolute Gasteiger partial charge is 0.429 e. The lowest BCUT2D eigenvalue weighted by Gasteiger charge is -2.63. The first-order chi connectivity index (χ1) is 49.8. The number of ketones is 2.